The Bertz CT molecular complexity index is 1040. The lowest BCUT2D eigenvalue weighted by molar-refractivity contribution is -0.134. The zero-order chi connectivity index (χ0) is 21.1. The van der Waals surface area contributed by atoms with Gasteiger partial charge in [0.05, 0.1) is 7.11 Å². The molecule has 0 saturated carbocycles. The third-order valence-electron chi connectivity index (χ3n) is 5.26. The van der Waals surface area contributed by atoms with E-state index in [1.807, 2.05) is 31.2 Å². The predicted molar refractivity (Wildman–Crippen MR) is 117 cm³/mol. The van der Waals surface area contributed by atoms with Crippen LogP contribution in [0.3, 0.4) is 0 Å². The van der Waals surface area contributed by atoms with Gasteiger partial charge < -0.3 is 9.30 Å². The van der Waals surface area contributed by atoms with E-state index in [0.29, 0.717) is 0 Å². The smallest absolute Gasteiger partial charge is 0.330 e. The molecule has 3 aromatic rings. The molecule has 1 atom stereocenters. The van der Waals surface area contributed by atoms with Gasteiger partial charge in [0.2, 0.25) is 0 Å². The number of esters is 1. The summed E-state index contributed by atoms with van der Waals surface area (Å²) in [5.74, 6) is -0.420. The monoisotopic (exact) mass is 393 g/mol. The lowest BCUT2D eigenvalue weighted by Crippen LogP contribution is -2.10. The van der Waals surface area contributed by atoms with Crippen LogP contribution in [0.5, 0.6) is 0 Å². The fourth-order valence-electron chi connectivity index (χ4n) is 4.14. The van der Waals surface area contributed by atoms with Crippen molar-refractivity contribution in [2.24, 2.45) is 0 Å². The normalized spacial score (nSPS) is 13.1. The number of nitrogens with zero attached hydrogens (tertiary/aromatic N) is 1. The fraction of sp³-hybridized carbons (Fsp3) is 0.320. The number of allylic oxidation sites excluding steroid dienone is 1. The molecule has 0 aliphatic heterocycles. The Morgan fingerprint density at radius 1 is 1.10 bits per heavy atom. The molecule has 0 saturated heterocycles. The molecule has 0 bridgehead atoms. The molecule has 3 rings (SSSR count). The second-order valence-corrected chi connectivity index (χ2v) is 7.87. The van der Waals surface area contributed by atoms with Crippen LogP contribution in [0.25, 0.3) is 22.0 Å². The predicted octanol–water partition coefficient (Wildman–Crippen LogP) is 6.64. The van der Waals surface area contributed by atoms with E-state index in [0.717, 1.165) is 28.5 Å². The number of ether oxygens (including phenoxy) is 1. The molecule has 0 amide bonds. The molecule has 0 aliphatic carbocycles. The first-order valence-corrected chi connectivity index (χ1v) is 9.97. The number of hydrogen-bond acceptors (Lipinski definition) is 2. The second-order valence-electron chi connectivity index (χ2n) is 7.87. The highest BCUT2D eigenvalue weighted by Gasteiger charge is 2.24. The van der Waals surface area contributed by atoms with Gasteiger partial charge in [0.25, 0.3) is 0 Å². The van der Waals surface area contributed by atoms with E-state index in [1.165, 1.54) is 30.5 Å². The van der Waals surface area contributed by atoms with Crippen molar-refractivity contribution in [3.8, 4) is 11.1 Å². The maximum absolute atomic E-state index is 13.6. The van der Waals surface area contributed by atoms with Gasteiger partial charge in [0.1, 0.15) is 5.82 Å². The third-order valence-corrected chi connectivity index (χ3v) is 5.26. The van der Waals surface area contributed by atoms with Crippen LogP contribution in [-0.4, -0.2) is 17.6 Å². The molecule has 0 radical (unpaired) electrons. The fourth-order valence-corrected chi connectivity index (χ4v) is 4.14. The number of carbonyl (C=O) groups is 1. The third kappa shape index (κ3) is 4.26. The quantitative estimate of drug-likeness (QED) is 0.347. The van der Waals surface area contributed by atoms with Crippen LogP contribution in [0.1, 0.15) is 51.8 Å². The lowest BCUT2D eigenvalue weighted by atomic mass is 9.91. The number of halogens is 1. The van der Waals surface area contributed by atoms with Gasteiger partial charge in [-0.05, 0) is 51.0 Å². The van der Waals surface area contributed by atoms with Crippen molar-refractivity contribution in [2.45, 2.75) is 46.1 Å². The zero-order valence-corrected chi connectivity index (χ0v) is 17.7. The average Bonchev–Trinajstić information content (AvgIpc) is 3.04. The summed E-state index contributed by atoms with van der Waals surface area (Å²) in [6.07, 6.45) is 2.28. The second kappa shape index (κ2) is 8.64. The Hall–Kier alpha value is -2.88. The standard InChI is InChI=1S/C25H28FNO2/c1-16(2)27-22-9-7-6-8-21(22)24(19-10-12-20(26)13-11-19)25(27)18(4)14-17(3)15-23(28)29-5/h6-13,15-16,18H,14H2,1-5H3/b17-15+. The summed E-state index contributed by atoms with van der Waals surface area (Å²) in [5, 5.41) is 1.16. The molecular weight excluding hydrogens is 365 g/mol. The minimum atomic E-state index is -0.335. The first kappa shape index (κ1) is 20.8. The van der Waals surface area contributed by atoms with Crippen molar-refractivity contribution in [3.63, 3.8) is 0 Å². The molecular formula is C25H28FNO2. The van der Waals surface area contributed by atoms with Gasteiger partial charge in [0.15, 0.2) is 0 Å². The van der Waals surface area contributed by atoms with Gasteiger partial charge in [-0.15, -0.1) is 0 Å². The topological polar surface area (TPSA) is 31.2 Å². The van der Waals surface area contributed by atoms with E-state index >= 15 is 0 Å². The summed E-state index contributed by atoms with van der Waals surface area (Å²) < 4.78 is 20.7. The van der Waals surface area contributed by atoms with Crippen LogP contribution < -0.4 is 0 Å². The van der Waals surface area contributed by atoms with Crippen molar-refractivity contribution in [3.05, 3.63) is 71.7 Å². The molecule has 0 aliphatic rings. The highest BCUT2D eigenvalue weighted by atomic mass is 19.1. The molecule has 1 unspecified atom stereocenters. The minimum absolute atomic E-state index is 0.158. The molecule has 0 N–H and O–H groups in total. The molecule has 29 heavy (non-hydrogen) atoms. The number of aromatic nitrogens is 1. The van der Waals surface area contributed by atoms with Crippen molar-refractivity contribution in [2.75, 3.05) is 7.11 Å². The molecule has 1 aromatic heterocycles. The van der Waals surface area contributed by atoms with Crippen molar-refractivity contribution >= 4 is 16.9 Å². The van der Waals surface area contributed by atoms with Gasteiger partial charge in [0, 0.05) is 40.2 Å². The number of rotatable bonds is 6. The van der Waals surface area contributed by atoms with E-state index < -0.39 is 0 Å². The van der Waals surface area contributed by atoms with Gasteiger partial charge in [-0.25, -0.2) is 9.18 Å². The van der Waals surface area contributed by atoms with Crippen LogP contribution in [-0.2, 0) is 9.53 Å². The summed E-state index contributed by atoms with van der Waals surface area (Å²) in [7, 11) is 1.39. The zero-order valence-electron chi connectivity index (χ0n) is 17.7. The van der Waals surface area contributed by atoms with E-state index in [-0.39, 0.29) is 23.7 Å². The van der Waals surface area contributed by atoms with Gasteiger partial charge in [-0.3, -0.25) is 0 Å². The van der Waals surface area contributed by atoms with E-state index in [4.69, 9.17) is 4.74 Å². The average molecular weight is 394 g/mol. The number of benzene rings is 2. The highest BCUT2D eigenvalue weighted by Crippen LogP contribution is 2.42. The Labute approximate surface area is 171 Å². The van der Waals surface area contributed by atoms with Crippen molar-refractivity contribution in [1.29, 1.82) is 0 Å². The van der Waals surface area contributed by atoms with Crippen molar-refractivity contribution in [1.82, 2.24) is 4.57 Å². The summed E-state index contributed by atoms with van der Waals surface area (Å²) in [6, 6.07) is 15.3. The summed E-state index contributed by atoms with van der Waals surface area (Å²) in [4.78, 5) is 11.6. The van der Waals surface area contributed by atoms with Crippen LogP contribution >= 0.6 is 0 Å². The number of methoxy groups -OCH3 is 1. The summed E-state index contributed by atoms with van der Waals surface area (Å²) >= 11 is 0. The van der Waals surface area contributed by atoms with Gasteiger partial charge in [-0.1, -0.05) is 42.8 Å². The molecule has 4 heteroatoms. The van der Waals surface area contributed by atoms with Gasteiger partial charge in [-0.2, -0.15) is 0 Å². The van der Waals surface area contributed by atoms with E-state index in [2.05, 4.69) is 37.5 Å². The first-order valence-electron chi connectivity index (χ1n) is 9.97. The number of fused-ring (bicyclic) bond motifs is 1. The molecule has 3 nitrogen and oxygen atoms in total. The van der Waals surface area contributed by atoms with Crippen LogP contribution in [0.4, 0.5) is 4.39 Å². The van der Waals surface area contributed by atoms with Crippen LogP contribution in [0, 0.1) is 5.82 Å². The first-order chi connectivity index (χ1) is 13.8. The van der Waals surface area contributed by atoms with Crippen LogP contribution in [0.2, 0.25) is 0 Å². The summed E-state index contributed by atoms with van der Waals surface area (Å²) in [6.45, 7) is 8.48. The SMILES string of the molecule is COC(=O)/C=C(\C)CC(C)c1c(-c2ccc(F)cc2)c2ccccc2n1C(C)C. The van der Waals surface area contributed by atoms with Gasteiger partial charge >= 0.3 is 5.97 Å². The Morgan fingerprint density at radius 3 is 2.38 bits per heavy atom. The Kier molecular flexibility index (Phi) is 6.21. The maximum atomic E-state index is 13.6. The number of para-hydroxylation sites is 1. The number of carbonyl (C=O) groups excluding carboxylic acids is 1. The molecule has 2 aromatic carbocycles. The van der Waals surface area contributed by atoms with E-state index in [9.17, 15) is 9.18 Å². The summed E-state index contributed by atoms with van der Waals surface area (Å²) in [5.41, 5.74) is 5.46. The number of hydrogen-bond donors (Lipinski definition) is 0. The van der Waals surface area contributed by atoms with Crippen LogP contribution in [0.15, 0.2) is 60.2 Å². The highest BCUT2D eigenvalue weighted by molar-refractivity contribution is 5.98. The lowest BCUT2D eigenvalue weighted by Gasteiger charge is -2.21. The largest absolute Gasteiger partial charge is 0.466 e. The Morgan fingerprint density at radius 2 is 1.76 bits per heavy atom. The molecule has 1 heterocycles. The molecule has 0 spiro atoms. The molecule has 0 fully saturated rings. The van der Waals surface area contributed by atoms with E-state index in [1.54, 1.807) is 6.08 Å². The minimum Gasteiger partial charge on any atom is -0.466 e. The van der Waals surface area contributed by atoms with Crippen molar-refractivity contribution < 1.29 is 13.9 Å². The molecule has 152 valence electrons. The maximum Gasteiger partial charge on any atom is 0.330 e. The Balaban J connectivity index is 2.22.